The molecule has 1 fully saturated rings. The largest absolute Gasteiger partial charge is 0.393 e. The van der Waals surface area contributed by atoms with E-state index in [9.17, 15) is 9.90 Å². The van der Waals surface area contributed by atoms with Crippen molar-refractivity contribution in [3.8, 4) is 11.3 Å². The lowest BCUT2D eigenvalue weighted by molar-refractivity contribution is 0.0681. The number of aliphatic hydroxyl groups excluding tert-OH is 1. The van der Waals surface area contributed by atoms with Crippen LogP contribution in [0, 0.1) is 6.92 Å². The molecule has 24 heavy (non-hydrogen) atoms. The highest BCUT2D eigenvalue weighted by Gasteiger charge is 2.31. The highest BCUT2D eigenvalue weighted by atomic mass is 16.3. The first-order chi connectivity index (χ1) is 11.6. The molecular weight excluding hydrogens is 300 g/mol. The Morgan fingerprint density at radius 1 is 1.33 bits per heavy atom. The molecular formula is C20H24N2O2. The van der Waals surface area contributed by atoms with Gasteiger partial charge < -0.3 is 10.0 Å². The van der Waals surface area contributed by atoms with Gasteiger partial charge in [0.1, 0.15) is 0 Å². The zero-order chi connectivity index (χ0) is 17.1. The van der Waals surface area contributed by atoms with E-state index in [0.29, 0.717) is 6.42 Å². The van der Waals surface area contributed by atoms with Crippen LogP contribution in [0.15, 0.2) is 42.6 Å². The first-order valence-corrected chi connectivity index (χ1v) is 8.58. The lowest BCUT2D eigenvalue weighted by Crippen LogP contribution is -2.37. The van der Waals surface area contributed by atoms with Gasteiger partial charge in [-0.05, 0) is 56.9 Å². The predicted molar refractivity (Wildman–Crippen MR) is 94.8 cm³/mol. The van der Waals surface area contributed by atoms with E-state index < -0.39 is 0 Å². The van der Waals surface area contributed by atoms with Crippen molar-refractivity contribution < 1.29 is 9.90 Å². The van der Waals surface area contributed by atoms with E-state index in [1.54, 1.807) is 13.1 Å². The average molecular weight is 324 g/mol. The van der Waals surface area contributed by atoms with Crippen LogP contribution >= 0.6 is 0 Å². The molecule has 2 atom stereocenters. The van der Waals surface area contributed by atoms with Crippen LogP contribution in [0.3, 0.4) is 0 Å². The second kappa shape index (κ2) is 7.14. The van der Waals surface area contributed by atoms with E-state index in [-0.39, 0.29) is 18.1 Å². The van der Waals surface area contributed by atoms with Gasteiger partial charge in [0.25, 0.3) is 5.91 Å². The number of likely N-dealkylation sites (tertiary alicyclic amines) is 1. The Kier molecular flexibility index (Phi) is 4.95. The molecule has 1 saturated heterocycles. The predicted octanol–water partition coefficient (Wildman–Crippen LogP) is 3.43. The molecule has 126 valence electrons. The maximum atomic E-state index is 13.1. The summed E-state index contributed by atoms with van der Waals surface area (Å²) in [6.07, 6.45) is 3.99. The fourth-order valence-corrected chi connectivity index (χ4v) is 3.56. The van der Waals surface area contributed by atoms with Gasteiger partial charge in [-0.3, -0.25) is 9.78 Å². The molecule has 0 spiro atoms. The first kappa shape index (κ1) is 16.7. The van der Waals surface area contributed by atoms with E-state index >= 15 is 0 Å². The van der Waals surface area contributed by atoms with Crippen LogP contribution in [0.1, 0.15) is 42.1 Å². The van der Waals surface area contributed by atoms with Crippen molar-refractivity contribution in [2.45, 2.75) is 45.3 Å². The molecule has 1 amide bonds. The van der Waals surface area contributed by atoms with Crippen molar-refractivity contribution in [1.29, 1.82) is 0 Å². The van der Waals surface area contributed by atoms with Gasteiger partial charge >= 0.3 is 0 Å². The number of carbonyl (C=O) groups excluding carboxylic acids is 1. The van der Waals surface area contributed by atoms with Gasteiger partial charge in [0.05, 0.1) is 11.8 Å². The topological polar surface area (TPSA) is 53.4 Å². The number of benzene rings is 1. The van der Waals surface area contributed by atoms with Gasteiger partial charge in [-0.25, -0.2) is 0 Å². The van der Waals surface area contributed by atoms with Gasteiger partial charge in [0.2, 0.25) is 0 Å². The molecule has 4 heteroatoms. The molecule has 4 nitrogen and oxygen atoms in total. The monoisotopic (exact) mass is 324 g/mol. The van der Waals surface area contributed by atoms with E-state index in [4.69, 9.17) is 0 Å². The molecule has 3 rings (SSSR count). The van der Waals surface area contributed by atoms with Crippen LogP contribution in [0.25, 0.3) is 11.3 Å². The smallest absolute Gasteiger partial charge is 0.254 e. The Bertz CT molecular complexity index is 713. The molecule has 1 aromatic heterocycles. The summed E-state index contributed by atoms with van der Waals surface area (Å²) in [6.45, 7) is 4.54. The quantitative estimate of drug-likeness (QED) is 0.937. The van der Waals surface area contributed by atoms with E-state index in [0.717, 1.165) is 41.8 Å². The van der Waals surface area contributed by atoms with Crippen molar-refractivity contribution in [3.63, 3.8) is 0 Å². The number of carbonyl (C=O) groups is 1. The van der Waals surface area contributed by atoms with Crippen molar-refractivity contribution in [2.24, 2.45) is 0 Å². The van der Waals surface area contributed by atoms with Crippen molar-refractivity contribution in [3.05, 3.63) is 53.7 Å². The van der Waals surface area contributed by atoms with Crippen molar-refractivity contribution in [2.75, 3.05) is 6.54 Å². The Morgan fingerprint density at radius 3 is 2.88 bits per heavy atom. The molecule has 2 heterocycles. The summed E-state index contributed by atoms with van der Waals surface area (Å²) in [7, 11) is 0. The third-order valence-corrected chi connectivity index (χ3v) is 4.76. The first-order valence-electron chi connectivity index (χ1n) is 8.58. The van der Waals surface area contributed by atoms with E-state index in [1.807, 2.05) is 48.2 Å². The maximum Gasteiger partial charge on any atom is 0.254 e. The zero-order valence-electron chi connectivity index (χ0n) is 14.3. The SMILES string of the molecule is Cc1c(C(=O)N2CCCC2CC(C)O)cccc1-c1ccccn1. The molecule has 0 radical (unpaired) electrons. The molecule has 0 saturated carbocycles. The van der Waals surface area contributed by atoms with Gasteiger partial charge in [0.15, 0.2) is 0 Å². The lowest BCUT2D eigenvalue weighted by atomic mass is 9.98. The van der Waals surface area contributed by atoms with E-state index in [2.05, 4.69) is 4.98 Å². The normalized spacial score (nSPS) is 18.6. The lowest BCUT2D eigenvalue weighted by Gasteiger charge is -2.26. The third-order valence-electron chi connectivity index (χ3n) is 4.76. The van der Waals surface area contributed by atoms with Crippen LogP contribution in [0.2, 0.25) is 0 Å². The number of aromatic nitrogens is 1. The number of rotatable bonds is 4. The van der Waals surface area contributed by atoms with Crippen LogP contribution in [0.4, 0.5) is 0 Å². The highest BCUT2D eigenvalue weighted by Crippen LogP contribution is 2.28. The number of hydrogen-bond donors (Lipinski definition) is 1. The summed E-state index contributed by atoms with van der Waals surface area (Å²) < 4.78 is 0. The van der Waals surface area contributed by atoms with Crippen LogP contribution in [0.5, 0.6) is 0 Å². The highest BCUT2D eigenvalue weighted by molar-refractivity contribution is 5.97. The average Bonchev–Trinajstić information content (AvgIpc) is 3.02. The molecule has 0 bridgehead atoms. The minimum atomic E-state index is -0.385. The van der Waals surface area contributed by atoms with Gasteiger partial charge in [0, 0.05) is 29.9 Å². The number of hydrogen-bond acceptors (Lipinski definition) is 3. The molecule has 2 unspecified atom stereocenters. The third kappa shape index (κ3) is 3.34. The van der Waals surface area contributed by atoms with E-state index in [1.165, 1.54) is 0 Å². The minimum Gasteiger partial charge on any atom is -0.393 e. The summed E-state index contributed by atoms with van der Waals surface area (Å²) in [5, 5.41) is 9.68. The van der Waals surface area contributed by atoms with Crippen LogP contribution < -0.4 is 0 Å². The maximum absolute atomic E-state index is 13.1. The standard InChI is InChI=1S/C20H24N2O2/c1-14(23)13-16-7-6-12-22(16)20(24)18-9-5-8-17(15(18)2)19-10-3-4-11-21-19/h3-5,8-11,14,16,23H,6-7,12-13H2,1-2H3. The molecule has 0 aliphatic carbocycles. The Hall–Kier alpha value is -2.20. The summed E-state index contributed by atoms with van der Waals surface area (Å²) in [5.74, 6) is 0.0634. The Labute approximate surface area is 143 Å². The van der Waals surface area contributed by atoms with Gasteiger partial charge in [-0.15, -0.1) is 0 Å². The van der Waals surface area contributed by atoms with Crippen molar-refractivity contribution >= 4 is 5.91 Å². The number of aliphatic hydroxyl groups is 1. The molecule has 1 aliphatic heterocycles. The Morgan fingerprint density at radius 2 is 2.17 bits per heavy atom. The number of pyridine rings is 1. The number of nitrogens with zero attached hydrogens (tertiary/aromatic N) is 2. The van der Waals surface area contributed by atoms with Crippen molar-refractivity contribution in [1.82, 2.24) is 9.88 Å². The Balaban J connectivity index is 1.91. The summed E-state index contributed by atoms with van der Waals surface area (Å²) >= 11 is 0. The fraction of sp³-hybridized carbons (Fsp3) is 0.400. The summed E-state index contributed by atoms with van der Waals surface area (Å²) in [4.78, 5) is 19.4. The number of amides is 1. The van der Waals surface area contributed by atoms with Crippen LogP contribution in [-0.2, 0) is 0 Å². The summed E-state index contributed by atoms with van der Waals surface area (Å²) in [5.41, 5.74) is 3.57. The second-order valence-corrected chi connectivity index (χ2v) is 6.57. The zero-order valence-corrected chi connectivity index (χ0v) is 14.3. The molecule has 2 aromatic rings. The molecule has 1 aliphatic rings. The molecule has 1 aromatic carbocycles. The summed E-state index contributed by atoms with van der Waals surface area (Å²) in [6, 6.07) is 11.8. The van der Waals surface area contributed by atoms with Gasteiger partial charge in [-0.2, -0.15) is 0 Å². The second-order valence-electron chi connectivity index (χ2n) is 6.57. The molecule has 1 N–H and O–H groups in total. The minimum absolute atomic E-state index is 0.0634. The van der Waals surface area contributed by atoms with Gasteiger partial charge in [-0.1, -0.05) is 18.2 Å². The van der Waals surface area contributed by atoms with Crippen LogP contribution in [-0.4, -0.2) is 39.6 Å². The fourth-order valence-electron chi connectivity index (χ4n) is 3.56.